The van der Waals surface area contributed by atoms with Crippen molar-refractivity contribution < 1.29 is 27.5 Å². The number of halogens is 3. The van der Waals surface area contributed by atoms with Crippen LogP contribution in [0.5, 0.6) is 0 Å². The van der Waals surface area contributed by atoms with Gasteiger partial charge in [0.05, 0.1) is 12.2 Å². The SMILES string of the molecule is CCOC(=O)[C@H](CC)C(=O)c1cccc(C(F)(F)F)c1. The largest absolute Gasteiger partial charge is 0.465 e. The summed E-state index contributed by atoms with van der Waals surface area (Å²) < 4.78 is 42.5. The van der Waals surface area contributed by atoms with E-state index < -0.39 is 29.4 Å². The van der Waals surface area contributed by atoms with Gasteiger partial charge in [-0.2, -0.15) is 13.2 Å². The summed E-state index contributed by atoms with van der Waals surface area (Å²) in [6.07, 6.45) is -4.35. The molecular formula is C14H15F3O3. The maximum Gasteiger partial charge on any atom is 0.416 e. The van der Waals surface area contributed by atoms with Gasteiger partial charge in [0.15, 0.2) is 5.78 Å². The van der Waals surface area contributed by atoms with Gasteiger partial charge in [-0.3, -0.25) is 9.59 Å². The lowest BCUT2D eigenvalue weighted by Gasteiger charge is -2.13. The Morgan fingerprint density at radius 2 is 1.90 bits per heavy atom. The molecule has 0 heterocycles. The van der Waals surface area contributed by atoms with Crippen molar-refractivity contribution in [3.8, 4) is 0 Å². The lowest BCUT2D eigenvalue weighted by molar-refractivity contribution is -0.146. The van der Waals surface area contributed by atoms with Crippen molar-refractivity contribution in [2.75, 3.05) is 6.61 Å². The van der Waals surface area contributed by atoms with Crippen LogP contribution in [0.4, 0.5) is 13.2 Å². The molecule has 0 saturated carbocycles. The third-order valence-electron chi connectivity index (χ3n) is 2.77. The van der Waals surface area contributed by atoms with Crippen LogP contribution in [-0.2, 0) is 15.7 Å². The lowest BCUT2D eigenvalue weighted by atomic mass is 9.94. The molecule has 1 atom stereocenters. The highest BCUT2D eigenvalue weighted by Gasteiger charge is 2.32. The number of Topliss-reactive ketones (excluding diaryl/α,β-unsaturated/α-hetero) is 1. The van der Waals surface area contributed by atoms with Gasteiger partial charge in [0, 0.05) is 5.56 Å². The number of hydrogen-bond acceptors (Lipinski definition) is 3. The molecule has 0 fully saturated rings. The van der Waals surface area contributed by atoms with Crippen LogP contribution in [0.15, 0.2) is 24.3 Å². The molecule has 3 nitrogen and oxygen atoms in total. The van der Waals surface area contributed by atoms with Gasteiger partial charge in [-0.15, -0.1) is 0 Å². The van der Waals surface area contributed by atoms with Crippen LogP contribution < -0.4 is 0 Å². The standard InChI is InChI=1S/C14H15F3O3/c1-3-11(13(19)20-4-2)12(18)9-6-5-7-10(8-9)14(15,16)17/h5-8,11H,3-4H2,1-2H3/t11-/m1/s1. The predicted octanol–water partition coefficient (Wildman–Crippen LogP) is 3.48. The molecule has 0 bridgehead atoms. The molecule has 6 heteroatoms. The van der Waals surface area contributed by atoms with Gasteiger partial charge >= 0.3 is 12.1 Å². The number of hydrogen-bond donors (Lipinski definition) is 0. The molecule has 0 saturated heterocycles. The van der Waals surface area contributed by atoms with Crippen LogP contribution in [0, 0.1) is 5.92 Å². The van der Waals surface area contributed by atoms with Crippen LogP contribution >= 0.6 is 0 Å². The number of esters is 1. The number of carbonyl (C=O) groups is 2. The predicted molar refractivity (Wildman–Crippen MR) is 66.2 cm³/mol. The Hall–Kier alpha value is -1.85. The van der Waals surface area contributed by atoms with E-state index in [1.54, 1.807) is 13.8 Å². The van der Waals surface area contributed by atoms with E-state index in [-0.39, 0.29) is 18.6 Å². The number of rotatable bonds is 5. The summed E-state index contributed by atoms with van der Waals surface area (Å²) in [6, 6.07) is 4.04. The van der Waals surface area contributed by atoms with Crippen LogP contribution in [0.3, 0.4) is 0 Å². The quantitative estimate of drug-likeness (QED) is 0.473. The third kappa shape index (κ3) is 3.82. The van der Waals surface area contributed by atoms with Crippen molar-refractivity contribution in [2.45, 2.75) is 26.4 Å². The third-order valence-corrected chi connectivity index (χ3v) is 2.77. The first kappa shape index (κ1) is 16.2. The first-order chi connectivity index (χ1) is 9.31. The molecule has 0 aliphatic heterocycles. The number of carbonyl (C=O) groups excluding carboxylic acids is 2. The second-order valence-corrected chi connectivity index (χ2v) is 4.16. The first-order valence-corrected chi connectivity index (χ1v) is 6.19. The second-order valence-electron chi connectivity index (χ2n) is 4.16. The first-order valence-electron chi connectivity index (χ1n) is 6.19. The van der Waals surface area contributed by atoms with E-state index in [0.29, 0.717) is 0 Å². The minimum absolute atomic E-state index is 0.116. The average Bonchev–Trinajstić information content (AvgIpc) is 2.39. The highest BCUT2D eigenvalue weighted by molar-refractivity contribution is 6.08. The van der Waals surface area contributed by atoms with Crippen LogP contribution in [0.25, 0.3) is 0 Å². The minimum atomic E-state index is -4.53. The smallest absolute Gasteiger partial charge is 0.416 e. The fraction of sp³-hybridized carbons (Fsp3) is 0.429. The summed E-state index contributed by atoms with van der Waals surface area (Å²) in [7, 11) is 0. The molecular weight excluding hydrogens is 273 g/mol. The van der Waals surface area contributed by atoms with E-state index in [0.717, 1.165) is 18.2 Å². The zero-order chi connectivity index (χ0) is 15.3. The molecule has 0 aliphatic carbocycles. The maximum atomic E-state index is 12.6. The summed E-state index contributed by atoms with van der Waals surface area (Å²) >= 11 is 0. The molecule has 0 spiro atoms. The summed E-state index contributed by atoms with van der Waals surface area (Å²) in [4.78, 5) is 23.7. The van der Waals surface area contributed by atoms with Crippen molar-refractivity contribution in [2.24, 2.45) is 5.92 Å². The highest BCUT2D eigenvalue weighted by Crippen LogP contribution is 2.30. The van der Waals surface area contributed by atoms with Gasteiger partial charge in [-0.1, -0.05) is 19.1 Å². The van der Waals surface area contributed by atoms with Crippen molar-refractivity contribution in [1.29, 1.82) is 0 Å². The second kappa shape index (κ2) is 6.54. The molecule has 0 N–H and O–H groups in total. The van der Waals surface area contributed by atoms with E-state index in [9.17, 15) is 22.8 Å². The molecule has 110 valence electrons. The normalized spacial score (nSPS) is 12.8. The molecule has 0 aromatic heterocycles. The highest BCUT2D eigenvalue weighted by atomic mass is 19.4. The van der Waals surface area contributed by atoms with Gasteiger partial charge in [0.25, 0.3) is 0 Å². The van der Waals surface area contributed by atoms with Crippen molar-refractivity contribution in [1.82, 2.24) is 0 Å². The Morgan fingerprint density at radius 3 is 2.40 bits per heavy atom. The van der Waals surface area contributed by atoms with E-state index in [1.807, 2.05) is 0 Å². The van der Waals surface area contributed by atoms with Crippen LogP contribution in [0.1, 0.15) is 36.2 Å². The topological polar surface area (TPSA) is 43.4 Å². The van der Waals surface area contributed by atoms with Crippen LogP contribution in [-0.4, -0.2) is 18.4 Å². The Balaban J connectivity index is 3.04. The van der Waals surface area contributed by atoms with Crippen molar-refractivity contribution in [3.05, 3.63) is 35.4 Å². The molecule has 1 aromatic carbocycles. The average molecular weight is 288 g/mol. The fourth-order valence-corrected chi connectivity index (χ4v) is 1.75. The molecule has 0 amide bonds. The number of alkyl halides is 3. The van der Waals surface area contributed by atoms with E-state index in [1.165, 1.54) is 6.07 Å². The summed E-state index contributed by atoms with van der Waals surface area (Å²) in [5.41, 5.74) is -1.05. The summed E-state index contributed by atoms with van der Waals surface area (Å²) in [5.74, 6) is -2.44. The van der Waals surface area contributed by atoms with E-state index in [2.05, 4.69) is 0 Å². The molecule has 1 aromatic rings. The van der Waals surface area contributed by atoms with Crippen molar-refractivity contribution >= 4 is 11.8 Å². The van der Waals surface area contributed by atoms with Crippen LogP contribution in [0.2, 0.25) is 0 Å². The maximum absolute atomic E-state index is 12.6. The number of ketones is 1. The fourth-order valence-electron chi connectivity index (χ4n) is 1.75. The minimum Gasteiger partial charge on any atom is -0.465 e. The van der Waals surface area contributed by atoms with E-state index >= 15 is 0 Å². The Bertz CT molecular complexity index is 495. The molecule has 1 rings (SSSR count). The molecule has 0 aliphatic rings. The summed E-state index contributed by atoms with van der Waals surface area (Å²) in [6.45, 7) is 3.32. The monoisotopic (exact) mass is 288 g/mol. The lowest BCUT2D eigenvalue weighted by Crippen LogP contribution is -2.26. The van der Waals surface area contributed by atoms with Gasteiger partial charge in [0.1, 0.15) is 5.92 Å². The van der Waals surface area contributed by atoms with Gasteiger partial charge in [-0.25, -0.2) is 0 Å². The summed E-state index contributed by atoms with van der Waals surface area (Å²) in [5, 5.41) is 0. The number of benzene rings is 1. The van der Waals surface area contributed by atoms with E-state index in [4.69, 9.17) is 4.74 Å². The van der Waals surface area contributed by atoms with Gasteiger partial charge in [0.2, 0.25) is 0 Å². The Labute approximate surface area is 114 Å². The zero-order valence-corrected chi connectivity index (χ0v) is 11.2. The molecule has 0 radical (unpaired) electrons. The molecule has 0 unspecified atom stereocenters. The Kier molecular flexibility index (Phi) is 5.30. The Morgan fingerprint density at radius 1 is 1.25 bits per heavy atom. The van der Waals surface area contributed by atoms with Crippen molar-refractivity contribution in [3.63, 3.8) is 0 Å². The zero-order valence-electron chi connectivity index (χ0n) is 11.2. The molecule has 20 heavy (non-hydrogen) atoms. The van der Waals surface area contributed by atoms with Gasteiger partial charge < -0.3 is 4.74 Å². The van der Waals surface area contributed by atoms with Gasteiger partial charge in [-0.05, 0) is 25.5 Å². The number of ether oxygens (including phenoxy) is 1.